The van der Waals surface area contributed by atoms with Gasteiger partial charge in [0.25, 0.3) is 0 Å². The molecule has 1 aromatic heterocycles. The number of hydrogen-bond acceptors (Lipinski definition) is 4. The number of aromatic nitrogens is 1. The van der Waals surface area contributed by atoms with Gasteiger partial charge in [-0.05, 0) is 48.6 Å². The molecule has 0 saturated heterocycles. The Balaban J connectivity index is 1.83. The summed E-state index contributed by atoms with van der Waals surface area (Å²) in [7, 11) is 0. The summed E-state index contributed by atoms with van der Waals surface area (Å²) in [5.74, 6) is -1.82. The molecular weight excluding hydrogens is 441 g/mol. The lowest BCUT2D eigenvalue weighted by Crippen LogP contribution is -2.58. The summed E-state index contributed by atoms with van der Waals surface area (Å²) in [5, 5.41) is 25.8. The van der Waals surface area contributed by atoms with Crippen LogP contribution in [0.5, 0.6) is 5.75 Å². The molecule has 0 radical (unpaired) electrons. The maximum Gasteiger partial charge on any atom is 0.417 e. The zero-order valence-electron chi connectivity index (χ0n) is 17.9. The molecule has 1 aliphatic carbocycles. The van der Waals surface area contributed by atoms with Gasteiger partial charge in [0.15, 0.2) is 5.60 Å². The molecule has 2 unspecified atom stereocenters. The maximum atomic E-state index is 14.3. The second-order valence-electron chi connectivity index (χ2n) is 9.13. The molecule has 1 aliphatic rings. The predicted octanol–water partition coefficient (Wildman–Crippen LogP) is 6.07. The van der Waals surface area contributed by atoms with Gasteiger partial charge in [-0.1, -0.05) is 43.6 Å². The van der Waals surface area contributed by atoms with E-state index in [0.29, 0.717) is 16.8 Å². The van der Waals surface area contributed by atoms with E-state index in [9.17, 15) is 23.4 Å². The van der Waals surface area contributed by atoms with E-state index in [1.54, 1.807) is 32.0 Å². The zero-order valence-corrected chi connectivity index (χ0v) is 18.6. The Labute approximate surface area is 189 Å². The lowest BCUT2D eigenvalue weighted by Gasteiger charge is -2.49. The van der Waals surface area contributed by atoms with Gasteiger partial charge < -0.3 is 15.5 Å². The van der Waals surface area contributed by atoms with Crippen LogP contribution in [0.15, 0.2) is 42.5 Å². The van der Waals surface area contributed by atoms with E-state index in [1.807, 2.05) is 25.1 Å². The summed E-state index contributed by atoms with van der Waals surface area (Å²) in [6.07, 6.45) is -5.47. The lowest BCUT2D eigenvalue weighted by molar-refractivity contribution is -0.277. The van der Waals surface area contributed by atoms with Crippen molar-refractivity contribution in [3.63, 3.8) is 0 Å². The van der Waals surface area contributed by atoms with E-state index in [2.05, 4.69) is 10.3 Å². The standard InChI is InChI=1S/C24H24ClF3N2O2/c1-13-7-8-14-5-4-6-18(21(14)30-13)29-11-17-20-16(9-15(25)10-19(20)31)22(2,3)12-23(17,32)24(26,27)28/h4-10,17,29,31-32H,11-12H2,1-3H3. The van der Waals surface area contributed by atoms with Crippen molar-refractivity contribution < 1.29 is 23.4 Å². The molecule has 2 atom stereocenters. The van der Waals surface area contributed by atoms with Crippen LogP contribution < -0.4 is 5.32 Å². The number of hydrogen-bond donors (Lipinski definition) is 3. The van der Waals surface area contributed by atoms with Crippen LogP contribution in [-0.4, -0.2) is 33.5 Å². The van der Waals surface area contributed by atoms with E-state index in [-0.39, 0.29) is 22.9 Å². The minimum atomic E-state index is -4.91. The largest absolute Gasteiger partial charge is 0.508 e. The van der Waals surface area contributed by atoms with Crippen molar-refractivity contribution in [1.82, 2.24) is 4.98 Å². The average molecular weight is 465 g/mol. The summed E-state index contributed by atoms with van der Waals surface area (Å²) >= 11 is 6.10. The van der Waals surface area contributed by atoms with Gasteiger partial charge in [-0.15, -0.1) is 0 Å². The van der Waals surface area contributed by atoms with Crippen molar-refractivity contribution in [2.45, 2.75) is 50.3 Å². The number of para-hydroxylation sites is 1. The number of benzene rings is 2. The van der Waals surface area contributed by atoms with Gasteiger partial charge >= 0.3 is 6.18 Å². The maximum absolute atomic E-state index is 14.3. The molecule has 2 aromatic carbocycles. The van der Waals surface area contributed by atoms with Gasteiger partial charge in [0.05, 0.1) is 11.2 Å². The molecule has 3 aromatic rings. The van der Waals surface area contributed by atoms with Gasteiger partial charge in [-0.2, -0.15) is 13.2 Å². The molecule has 0 spiro atoms. The number of nitrogens with zero attached hydrogens (tertiary/aromatic N) is 1. The minimum Gasteiger partial charge on any atom is -0.508 e. The Morgan fingerprint density at radius 3 is 2.59 bits per heavy atom. The Kier molecular flexibility index (Phi) is 5.33. The number of fused-ring (bicyclic) bond motifs is 2. The fourth-order valence-electron chi connectivity index (χ4n) is 4.83. The highest BCUT2D eigenvalue weighted by Crippen LogP contribution is 2.56. The van der Waals surface area contributed by atoms with E-state index >= 15 is 0 Å². The van der Waals surface area contributed by atoms with Gasteiger partial charge in [-0.3, -0.25) is 4.98 Å². The molecule has 4 nitrogen and oxygen atoms in total. The molecular formula is C24H24ClF3N2O2. The van der Waals surface area contributed by atoms with Crippen molar-refractivity contribution >= 4 is 28.2 Å². The number of phenolic OH excluding ortho intramolecular Hbond substituents is 1. The Morgan fingerprint density at radius 1 is 1.19 bits per heavy atom. The number of aromatic hydroxyl groups is 1. The van der Waals surface area contributed by atoms with Gasteiger partial charge in [0, 0.05) is 34.1 Å². The molecule has 0 amide bonds. The first-order valence-corrected chi connectivity index (χ1v) is 10.6. The number of rotatable bonds is 3. The number of pyridine rings is 1. The van der Waals surface area contributed by atoms with Crippen LogP contribution in [0.3, 0.4) is 0 Å². The van der Waals surface area contributed by atoms with Crippen LogP contribution in [0.25, 0.3) is 10.9 Å². The fourth-order valence-corrected chi connectivity index (χ4v) is 5.04. The first-order chi connectivity index (χ1) is 14.8. The van der Waals surface area contributed by atoms with Crippen LogP contribution in [-0.2, 0) is 5.41 Å². The number of halogens is 4. The summed E-state index contributed by atoms with van der Waals surface area (Å²) < 4.78 is 42.8. The van der Waals surface area contributed by atoms with E-state index in [0.717, 1.165) is 11.1 Å². The van der Waals surface area contributed by atoms with E-state index < -0.39 is 29.5 Å². The highest BCUT2D eigenvalue weighted by Gasteiger charge is 2.63. The third kappa shape index (κ3) is 3.67. The normalized spacial score (nSPS) is 22.6. The molecule has 0 bridgehead atoms. The SMILES string of the molecule is Cc1ccc2cccc(NCC3c4c(O)cc(Cl)cc4C(C)(C)CC3(O)C(F)(F)F)c2n1. The molecule has 0 fully saturated rings. The number of phenols is 1. The van der Waals surface area contributed by atoms with E-state index in [1.165, 1.54) is 6.07 Å². The number of aliphatic hydroxyl groups is 1. The van der Waals surface area contributed by atoms with Crippen molar-refractivity contribution in [2.75, 3.05) is 11.9 Å². The first-order valence-electron chi connectivity index (χ1n) is 10.3. The summed E-state index contributed by atoms with van der Waals surface area (Å²) in [6.45, 7) is 4.79. The Morgan fingerprint density at radius 2 is 1.91 bits per heavy atom. The van der Waals surface area contributed by atoms with Crippen LogP contribution in [0, 0.1) is 6.92 Å². The molecule has 1 heterocycles. The fraction of sp³-hybridized carbons (Fsp3) is 0.375. The topological polar surface area (TPSA) is 65.4 Å². The number of aryl methyl sites for hydroxylation is 1. The second-order valence-corrected chi connectivity index (χ2v) is 9.57. The van der Waals surface area contributed by atoms with Crippen molar-refractivity contribution in [3.05, 3.63) is 64.3 Å². The summed E-state index contributed by atoms with van der Waals surface area (Å²) in [6, 6.07) is 11.9. The van der Waals surface area contributed by atoms with Gasteiger partial charge in [0.1, 0.15) is 5.75 Å². The van der Waals surface area contributed by atoms with Crippen molar-refractivity contribution in [1.29, 1.82) is 0 Å². The molecule has 0 aliphatic heterocycles. The minimum absolute atomic E-state index is 0.0577. The highest BCUT2D eigenvalue weighted by molar-refractivity contribution is 6.30. The van der Waals surface area contributed by atoms with Crippen LogP contribution in [0.1, 0.15) is 43.0 Å². The molecule has 3 N–H and O–H groups in total. The predicted molar refractivity (Wildman–Crippen MR) is 119 cm³/mol. The van der Waals surface area contributed by atoms with Gasteiger partial charge in [0.2, 0.25) is 0 Å². The zero-order chi connectivity index (χ0) is 23.5. The average Bonchev–Trinajstić information content (AvgIpc) is 2.67. The smallest absolute Gasteiger partial charge is 0.417 e. The third-order valence-electron chi connectivity index (χ3n) is 6.34. The number of anilines is 1. The molecule has 170 valence electrons. The Hall–Kier alpha value is -2.51. The van der Waals surface area contributed by atoms with Crippen molar-refractivity contribution in [3.8, 4) is 5.75 Å². The second kappa shape index (κ2) is 7.52. The molecule has 0 saturated carbocycles. The number of nitrogens with one attached hydrogen (secondary N) is 1. The molecule has 4 rings (SSSR count). The quantitative estimate of drug-likeness (QED) is 0.440. The lowest BCUT2D eigenvalue weighted by atomic mass is 9.61. The summed E-state index contributed by atoms with van der Waals surface area (Å²) in [5.41, 5.74) is -1.60. The third-order valence-corrected chi connectivity index (χ3v) is 6.55. The van der Waals surface area contributed by atoms with Crippen molar-refractivity contribution in [2.24, 2.45) is 0 Å². The van der Waals surface area contributed by atoms with Crippen LogP contribution in [0.2, 0.25) is 5.02 Å². The number of alkyl halides is 3. The van der Waals surface area contributed by atoms with Crippen LogP contribution in [0.4, 0.5) is 18.9 Å². The summed E-state index contributed by atoms with van der Waals surface area (Å²) in [4.78, 5) is 4.51. The molecule has 8 heteroatoms. The van der Waals surface area contributed by atoms with E-state index in [4.69, 9.17) is 11.6 Å². The Bertz CT molecular complexity index is 1200. The van der Waals surface area contributed by atoms with Gasteiger partial charge in [-0.25, -0.2) is 0 Å². The monoisotopic (exact) mass is 464 g/mol. The highest BCUT2D eigenvalue weighted by atomic mass is 35.5. The first kappa shape index (κ1) is 22.7. The molecule has 32 heavy (non-hydrogen) atoms. The van der Waals surface area contributed by atoms with Crippen LogP contribution >= 0.6 is 11.6 Å².